The fourth-order valence-electron chi connectivity index (χ4n) is 8.47. The number of para-hydroxylation sites is 1. The van der Waals surface area contributed by atoms with Crippen LogP contribution in [0.2, 0.25) is 0 Å². The van der Waals surface area contributed by atoms with Gasteiger partial charge in [0.2, 0.25) is 0 Å². The zero-order valence-electron chi connectivity index (χ0n) is 30.8. The van der Waals surface area contributed by atoms with Gasteiger partial charge in [-0.25, -0.2) is 15.0 Å². The molecule has 4 heteroatoms. The van der Waals surface area contributed by atoms with E-state index in [-0.39, 0.29) is 0 Å². The van der Waals surface area contributed by atoms with E-state index in [1.165, 1.54) is 37.9 Å². The molecule has 2 aromatic heterocycles. The SMILES string of the molecule is CC1C=Cc2c(oc3c(-c4cc(-c5ccc6c7ccccc7c7ccccc7c6c5)cc(-c5nc(-c6ccccc6)nc(-c6ccccc6)n5)c4)cccc23)C1. The number of benzene rings is 8. The lowest BCUT2D eigenvalue weighted by molar-refractivity contribution is 0.514. The molecule has 0 fully saturated rings. The minimum Gasteiger partial charge on any atom is -0.460 e. The largest absolute Gasteiger partial charge is 0.460 e. The molecule has 10 aromatic rings. The number of allylic oxidation sites excluding steroid dienone is 1. The van der Waals surface area contributed by atoms with Crippen molar-refractivity contribution in [1.29, 1.82) is 0 Å². The molecular weight excluding hydrogens is 683 g/mol. The lowest BCUT2D eigenvalue weighted by Gasteiger charge is -2.14. The highest BCUT2D eigenvalue weighted by Crippen LogP contribution is 2.42. The van der Waals surface area contributed by atoms with Crippen LogP contribution in [0.15, 0.2) is 174 Å². The predicted octanol–water partition coefficient (Wildman–Crippen LogP) is 13.6. The van der Waals surface area contributed by atoms with Crippen molar-refractivity contribution in [3.63, 3.8) is 0 Å². The van der Waals surface area contributed by atoms with E-state index in [2.05, 4.69) is 122 Å². The summed E-state index contributed by atoms with van der Waals surface area (Å²) in [6.07, 6.45) is 5.40. The van der Waals surface area contributed by atoms with E-state index in [4.69, 9.17) is 19.4 Å². The molecule has 0 N–H and O–H groups in total. The molecule has 0 radical (unpaired) electrons. The van der Waals surface area contributed by atoms with Gasteiger partial charge in [0.05, 0.1) is 0 Å². The summed E-state index contributed by atoms with van der Waals surface area (Å²) in [5, 5.41) is 8.62. The maximum absolute atomic E-state index is 6.75. The van der Waals surface area contributed by atoms with Crippen LogP contribution in [0.25, 0.3) is 106 Å². The Morgan fingerprint density at radius 3 is 1.59 bits per heavy atom. The molecule has 4 nitrogen and oxygen atoms in total. The fourth-order valence-corrected chi connectivity index (χ4v) is 8.47. The Kier molecular flexibility index (Phi) is 7.49. The first kappa shape index (κ1) is 32.3. The van der Waals surface area contributed by atoms with Gasteiger partial charge in [0.25, 0.3) is 0 Å². The van der Waals surface area contributed by atoms with Crippen LogP contribution in [0.4, 0.5) is 0 Å². The zero-order valence-corrected chi connectivity index (χ0v) is 30.8. The van der Waals surface area contributed by atoms with Gasteiger partial charge < -0.3 is 4.42 Å². The molecule has 0 aliphatic heterocycles. The third-order valence-electron chi connectivity index (χ3n) is 11.2. The number of nitrogens with zero attached hydrogens (tertiary/aromatic N) is 3. The normalized spacial score (nSPS) is 13.8. The highest BCUT2D eigenvalue weighted by Gasteiger charge is 2.22. The summed E-state index contributed by atoms with van der Waals surface area (Å²) in [6, 6.07) is 57.9. The fraction of sp³-hybridized carbons (Fsp3) is 0.0577. The van der Waals surface area contributed by atoms with Crippen molar-refractivity contribution in [3.8, 4) is 56.4 Å². The van der Waals surface area contributed by atoms with Crippen LogP contribution in [0.5, 0.6) is 0 Å². The van der Waals surface area contributed by atoms with E-state index in [9.17, 15) is 0 Å². The first-order valence-electron chi connectivity index (χ1n) is 19.2. The second-order valence-corrected chi connectivity index (χ2v) is 14.9. The number of furan rings is 1. The van der Waals surface area contributed by atoms with Crippen LogP contribution in [0, 0.1) is 5.92 Å². The molecule has 11 rings (SSSR count). The average molecular weight is 718 g/mol. The van der Waals surface area contributed by atoms with Gasteiger partial charge in [-0.1, -0.05) is 159 Å². The smallest absolute Gasteiger partial charge is 0.164 e. The molecule has 1 aliphatic carbocycles. The van der Waals surface area contributed by atoms with Gasteiger partial charge in [-0.15, -0.1) is 0 Å². The molecule has 0 saturated carbocycles. The standard InChI is InChI=1S/C52H35N3O/c1-32-23-25-45-46-22-12-21-39(49(46)56-48(45)27-32)37-28-36(35-24-26-44-42-19-9-8-17-40(42)41-18-10-11-20-43(41)47(44)31-35)29-38(30-37)52-54-50(33-13-4-2-5-14-33)53-51(55-52)34-15-6-3-7-16-34/h2-26,28-32H,27H2,1H3. The highest BCUT2D eigenvalue weighted by atomic mass is 16.3. The van der Waals surface area contributed by atoms with E-state index in [0.717, 1.165) is 62.1 Å². The van der Waals surface area contributed by atoms with Gasteiger partial charge in [0.15, 0.2) is 17.5 Å². The Morgan fingerprint density at radius 2 is 0.946 bits per heavy atom. The van der Waals surface area contributed by atoms with Crippen LogP contribution in [0.1, 0.15) is 18.2 Å². The first-order valence-corrected chi connectivity index (χ1v) is 19.2. The summed E-state index contributed by atoms with van der Waals surface area (Å²) in [5.41, 5.74) is 9.13. The number of hydrogen-bond acceptors (Lipinski definition) is 4. The molecule has 8 aromatic carbocycles. The van der Waals surface area contributed by atoms with Crippen LogP contribution >= 0.6 is 0 Å². The lowest BCUT2D eigenvalue weighted by Crippen LogP contribution is -2.00. The third kappa shape index (κ3) is 5.41. The maximum Gasteiger partial charge on any atom is 0.164 e. The lowest BCUT2D eigenvalue weighted by atomic mass is 9.90. The number of aromatic nitrogens is 3. The van der Waals surface area contributed by atoms with Crippen molar-refractivity contribution in [2.24, 2.45) is 5.92 Å². The van der Waals surface area contributed by atoms with E-state index >= 15 is 0 Å². The van der Waals surface area contributed by atoms with Gasteiger partial charge in [-0.05, 0) is 79.2 Å². The molecule has 1 aliphatic rings. The Bertz CT molecular complexity index is 3090. The van der Waals surface area contributed by atoms with Crippen molar-refractivity contribution < 1.29 is 4.42 Å². The molecule has 56 heavy (non-hydrogen) atoms. The molecule has 0 saturated heterocycles. The minimum absolute atomic E-state index is 0.434. The van der Waals surface area contributed by atoms with E-state index in [1.54, 1.807) is 0 Å². The summed E-state index contributed by atoms with van der Waals surface area (Å²) in [6.45, 7) is 2.24. The van der Waals surface area contributed by atoms with Gasteiger partial charge in [0.1, 0.15) is 11.3 Å². The average Bonchev–Trinajstić information content (AvgIpc) is 3.64. The van der Waals surface area contributed by atoms with Gasteiger partial charge >= 0.3 is 0 Å². The molecule has 2 heterocycles. The van der Waals surface area contributed by atoms with Crippen molar-refractivity contribution in [1.82, 2.24) is 15.0 Å². The summed E-state index contributed by atoms with van der Waals surface area (Å²) >= 11 is 0. The third-order valence-corrected chi connectivity index (χ3v) is 11.2. The molecule has 1 atom stereocenters. The quantitative estimate of drug-likeness (QED) is 0.166. The molecule has 0 bridgehead atoms. The number of hydrogen-bond donors (Lipinski definition) is 0. The molecule has 0 amide bonds. The summed E-state index contributed by atoms with van der Waals surface area (Å²) in [5.74, 6) is 3.36. The predicted molar refractivity (Wildman–Crippen MR) is 231 cm³/mol. The van der Waals surface area contributed by atoms with Crippen LogP contribution in [0.3, 0.4) is 0 Å². The number of rotatable bonds is 5. The topological polar surface area (TPSA) is 51.8 Å². The van der Waals surface area contributed by atoms with Crippen LogP contribution < -0.4 is 0 Å². The van der Waals surface area contributed by atoms with Gasteiger partial charge in [-0.2, -0.15) is 0 Å². The zero-order chi connectivity index (χ0) is 37.2. The minimum atomic E-state index is 0.434. The maximum atomic E-state index is 6.75. The summed E-state index contributed by atoms with van der Waals surface area (Å²) < 4.78 is 6.75. The Balaban J connectivity index is 1.18. The second-order valence-electron chi connectivity index (χ2n) is 14.9. The van der Waals surface area contributed by atoms with E-state index in [1.807, 2.05) is 60.7 Å². The van der Waals surface area contributed by atoms with Crippen molar-refractivity contribution in [2.75, 3.05) is 0 Å². The number of fused-ring (bicyclic) bond motifs is 9. The monoisotopic (exact) mass is 717 g/mol. The Morgan fingerprint density at radius 1 is 0.429 bits per heavy atom. The van der Waals surface area contributed by atoms with Gasteiger partial charge in [0, 0.05) is 39.6 Å². The van der Waals surface area contributed by atoms with E-state index in [0.29, 0.717) is 23.4 Å². The second kappa shape index (κ2) is 13.0. The van der Waals surface area contributed by atoms with E-state index < -0.39 is 0 Å². The van der Waals surface area contributed by atoms with Crippen LogP contribution in [-0.4, -0.2) is 15.0 Å². The Hall–Kier alpha value is -7.17. The van der Waals surface area contributed by atoms with Crippen molar-refractivity contribution >= 4 is 49.4 Å². The molecule has 1 unspecified atom stereocenters. The molecular formula is C52H35N3O. The van der Waals surface area contributed by atoms with Crippen molar-refractivity contribution in [2.45, 2.75) is 13.3 Å². The summed E-state index contributed by atoms with van der Waals surface area (Å²) in [7, 11) is 0. The Labute approximate surface area is 324 Å². The highest BCUT2D eigenvalue weighted by molar-refractivity contribution is 6.25. The van der Waals surface area contributed by atoms with Crippen LogP contribution in [-0.2, 0) is 6.42 Å². The van der Waals surface area contributed by atoms with Gasteiger partial charge in [-0.3, -0.25) is 0 Å². The first-order chi connectivity index (χ1) is 27.6. The summed E-state index contributed by atoms with van der Waals surface area (Å²) in [4.78, 5) is 15.3. The molecule has 0 spiro atoms. The molecule has 264 valence electrons. The van der Waals surface area contributed by atoms with Crippen molar-refractivity contribution in [3.05, 3.63) is 181 Å².